The fourth-order valence-corrected chi connectivity index (χ4v) is 5.65. The molecule has 0 atom stereocenters. The Kier molecular flexibility index (Phi) is 9.23. The average molecular weight is 443 g/mol. The molecule has 0 aromatic heterocycles. The van der Waals surface area contributed by atoms with Gasteiger partial charge in [-0.05, 0) is 0 Å². The number of carbonyl (C=O) groups is 2. The van der Waals surface area contributed by atoms with Crippen molar-refractivity contribution in [3.63, 3.8) is 0 Å². The van der Waals surface area contributed by atoms with Crippen LogP contribution in [0.4, 0.5) is 9.59 Å². The Morgan fingerprint density at radius 3 is 1.72 bits per heavy atom. The van der Waals surface area contributed by atoms with Gasteiger partial charge in [0.25, 0.3) is 0 Å². The summed E-state index contributed by atoms with van der Waals surface area (Å²) in [5.41, 5.74) is 5.22. The van der Waals surface area contributed by atoms with Crippen LogP contribution in [-0.4, -0.2) is 57.9 Å². The standard InChI is InChI=1S/C12H18N4O4S5/c1-15(11(17)19-13-9-7-21-3-5-23-9)25-16(2)12(18)20-14-10-8-22-4-6-24-10/h7-8,13-14H,3-6H2,1-2H3. The van der Waals surface area contributed by atoms with Crippen LogP contribution in [0.5, 0.6) is 0 Å². The van der Waals surface area contributed by atoms with Crippen LogP contribution in [0.3, 0.4) is 0 Å². The molecule has 0 aromatic carbocycles. The Morgan fingerprint density at radius 2 is 1.36 bits per heavy atom. The van der Waals surface area contributed by atoms with Crippen LogP contribution in [0, 0.1) is 0 Å². The first-order valence-corrected chi connectivity index (χ1v) is 11.8. The highest BCUT2D eigenvalue weighted by atomic mass is 32.2. The van der Waals surface area contributed by atoms with Gasteiger partial charge in [-0.2, -0.15) is 0 Å². The Balaban J connectivity index is 1.67. The highest BCUT2D eigenvalue weighted by Crippen LogP contribution is 2.25. The topological polar surface area (TPSA) is 83.1 Å². The van der Waals surface area contributed by atoms with Crippen molar-refractivity contribution in [3.8, 4) is 0 Å². The summed E-state index contributed by atoms with van der Waals surface area (Å²) in [7, 11) is 3.00. The summed E-state index contributed by atoms with van der Waals surface area (Å²) in [4.78, 5) is 33.8. The van der Waals surface area contributed by atoms with Crippen molar-refractivity contribution in [2.24, 2.45) is 0 Å². The normalized spacial score (nSPS) is 16.9. The minimum atomic E-state index is -0.628. The third kappa shape index (κ3) is 7.64. The van der Waals surface area contributed by atoms with Gasteiger partial charge in [0.2, 0.25) is 0 Å². The van der Waals surface area contributed by atoms with Crippen molar-refractivity contribution in [1.82, 2.24) is 19.6 Å². The first kappa shape index (κ1) is 20.7. The van der Waals surface area contributed by atoms with E-state index < -0.39 is 12.2 Å². The van der Waals surface area contributed by atoms with Crippen LogP contribution in [-0.2, 0) is 9.68 Å². The quantitative estimate of drug-likeness (QED) is 0.470. The van der Waals surface area contributed by atoms with Gasteiger partial charge in [-0.3, -0.25) is 0 Å². The molecule has 2 heterocycles. The van der Waals surface area contributed by atoms with Crippen LogP contribution >= 0.6 is 59.2 Å². The van der Waals surface area contributed by atoms with Gasteiger partial charge >= 0.3 is 12.2 Å². The van der Waals surface area contributed by atoms with Gasteiger partial charge in [-0.25, -0.2) is 29.2 Å². The van der Waals surface area contributed by atoms with Crippen LogP contribution in [0.2, 0.25) is 0 Å². The van der Waals surface area contributed by atoms with E-state index in [9.17, 15) is 9.59 Å². The molecule has 0 saturated heterocycles. The number of nitrogens with one attached hydrogen (secondary N) is 2. The van der Waals surface area contributed by atoms with E-state index in [1.807, 2.05) is 10.8 Å². The molecule has 2 rings (SSSR count). The van der Waals surface area contributed by atoms with Gasteiger partial charge in [0.15, 0.2) is 0 Å². The minimum Gasteiger partial charge on any atom is -0.323 e. The minimum absolute atomic E-state index is 0.628. The molecule has 2 aliphatic rings. The van der Waals surface area contributed by atoms with Gasteiger partial charge in [-0.15, -0.1) is 47.0 Å². The Labute approximate surface area is 167 Å². The monoisotopic (exact) mass is 442 g/mol. The number of hydrogen-bond donors (Lipinski definition) is 2. The van der Waals surface area contributed by atoms with Gasteiger partial charge < -0.3 is 9.68 Å². The number of hydroxylamine groups is 2. The second-order valence-corrected chi connectivity index (χ2v) is 9.91. The van der Waals surface area contributed by atoms with E-state index in [1.54, 1.807) is 47.0 Å². The summed E-state index contributed by atoms with van der Waals surface area (Å²) in [5.74, 6) is 3.99. The van der Waals surface area contributed by atoms with E-state index in [0.29, 0.717) is 0 Å². The van der Waals surface area contributed by atoms with Gasteiger partial charge in [0.1, 0.15) is 10.1 Å². The lowest BCUT2D eigenvalue weighted by Gasteiger charge is -2.22. The zero-order valence-electron chi connectivity index (χ0n) is 13.6. The van der Waals surface area contributed by atoms with E-state index in [0.717, 1.165) is 45.2 Å². The van der Waals surface area contributed by atoms with Crippen molar-refractivity contribution < 1.29 is 19.3 Å². The van der Waals surface area contributed by atoms with Gasteiger partial charge in [0.05, 0.1) is 12.1 Å². The Bertz CT molecular complexity index is 502. The average Bonchev–Trinajstić information content (AvgIpc) is 2.65. The molecule has 0 radical (unpaired) electrons. The molecule has 25 heavy (non-hydrogen) atoms. The Morgan fingerprint density at radius 1 is 0.920 bits per heavy atom. The van der Waals surface area contributed by atoms with E-state index in [1.165, 1.54) is 22.7 Å². The first-order chi connectivity index (χ1) is 12.1. The molecule has 0 fully saturated rings. The van der Waals surface area contributed by atoms with Crippen LogP contribution in [0.15, 0.2) is 20.9 Å². The molecule has 2 N–H and O–H groups in total. The highest BCUT2D eigenvalue weighted by Gasteiger charge is 2.20. The number of carbonyl (C=O) groups excluding carboxylic acids is 2. The second kappa shape index (κ2) is 11.2. The molecule has 8 nitrogen and oxygen atoms in total. The molecule has 0 saturated carbocycles. The first-order valence-electron chi connectivity index (χ1n) is 7.04. The third-order valence-corrected chi connectivity index (χ3v) is 7.66. The van der Waals surface area contributed by atoms with Crippen molar-refractivity contribution in [1.29, 1.82) is 0 Å². The van der Waals surface area contributed by atoms with Gasteiger partial charge in [0, 0.05) is 47.9 Å². The number of amides is 2. The summed E-state index contributed by atoms with van der Waals surface area (Å²) >= 11 is 7.34. The SMILES string of the molecule is CN(SN(C)C(=O)ONC1=CSCCS1)C(=O)ONC1=CSCCS1. The summed E-state index contributed by atoms with van der Waals surface area (Å²) in [6, 6.07) is 0. The second-order valence-electron chi connectivity index (χ2n) is 4.42. The number of hydrogen-bond acceptors (Lipinski definition) is 11. The molecular weight excluding hydrogens is 424 g/mol. The van der Waals surface area contributed by atoms with Crippen molar-refractivity contribution in [2.75, 3.05) is 37.1 Å². The third-order valence-electron chi connectivity index (χ3n) is 2.54. The maximum Gasteiger partial charge on any atom is 0.445 e. The largest absolute Gasteiger partial charge is 0.445 e. The molecule has 0 bridgehead atoms. The maximum atomic E-state index is 11.9. The van der Waals surface area contributed by atoms with Crippen LogP contribution in [0.1, 0.15) is 0 Å². The molecule has 2 amide bonds. The fraction of sp³-hybridized carbons (Fsp3) is 0.500. The predicted molar refractivity (Wildman–Crippen MR) is 108 cm³/mol. The smallest absolute Gasteiger partial charge is 0.323 e. The zero-order chi connectivity index (χ0) is 18.1. The van der Waals surface area contributed by atoms with E-state index in [2.05, 4.69) is 11.0 Å². The highest BCUT2D eigenvalue weighted by molar-refractivity contribution is 8.09. The Hall–Kier alpha value is -0.630. The molecule has 0 unspecified atom stereocenters. The number of thioether (sulfide) groups is 4. The van der Waals surface area contributed by atoms with E-state index >= 15 is 0 Å². The summed E-state index contributed by atoms with van der Waals surface area (Å²) in [6.07, 6.45) is -1.26. The molecule has 0 aromatic rings. The van der Waals surface area contributed by atoms with Crippen molar-refractivity contribution in [3.05, 3.63) is 20.9 Å². The number of rotatable bonds is 6. The van der Waals surface area contributed by atoms with Crippen LogP contribution < -0.4 is 11.0 Å². The lowest BCUT2D eigenvalue weighted by Crippen LogP contribution is -2.34. The molecule has 0 spiro atoms. The molecular formula is C12H18N4O4S5. The molecule has 13 heteroatoms. The molecule has 140 valence electrons. The predicted octanol–water partition coefficient (Wildman–Crippen LogP) is 3.25. The van der Waals surface area contributed by atoms with Crippen LogP contribution in [0.25, 0.3) is 0 Å². The van der Waals surface area contributed by atoms with Crippen molar-refractivity contribution in [2.45, 2.75) is 0 Å². The van der Waals surface area contributed by atoms with Crippen molar-refractivity contribution >= 4 is 71.4 Å². The maximum absolute atomic E-state index is 11.9. The van der Waals surface area contributed by atoms with E-state index in [4.69, 9.17) is 9.68 Å². The molecule has 2 aliphatic heterocycles. The molecule has 0 aliphatic carbocycles. The van der Waals surface area contributed by atoms with Gasteiger partial charge in [-0.1, -0.05) is 0 Å². The van der Waals surface area contributed by atoms with E-state index in [-0.39, 0.29) is 0 Å². The lowest BCUT2D eigenvalue weighted by atomic mass is 10.9. The number of nitrogens with zero attached hydrogens (tertiary/aromatic N) is 2. The lowest BCUT2D eigenvalue weighted by molar-refractivity contribution is 0.0919. The zero-order valence-corrected chi connectivity index (χ0v) is 17.6. The summed E-state index contributed by atoms with van der Waals surface area (Å²) < 4.78 is 2.36. The summed E-state index contributed by atoms with van der Waals surface area (Å²) in [6.45, 7) is 0. The summed E-state index contributed by atoms with van der Waals surface area (Å²) in [5, 5.41) is 5.38. The fourth-order valence-electron chi connectivity index (χ4n) is 1.41.